The van der Waals surface area contributed by atoms with Gasteiger partial charge in [0.15, 0.2) is 0 Å². The molecule has 0 aliphatic heterocycles. The molecule has 1 N–H and O–H groups in total. The van der Waals surface area contributed by atoms with E-state index in [-0.39, 0.29) is 5.56 Å². The Kier molecular flexibility index (Phi) is 4.02. The fourth-order valence-corrected chi connectivity index (χ4v) is 1.80. The lowest BCUT2D eigenvalue weighted by Crippen LogP contribution is -2.24. The van der Waals surface area contributed by atoms with Gasteiger partial charge in [-0.3, -0.25) is 9.48 Å². The topological polar surface area (TPSA) is 56.1 Å². The molecule has 1 amide bonds. The minimum atomic E-state index is -0.607. The third-order valence-corrected chi connectivity index (χ3v) is 3.20. The zero-order valence-electron chi connectivity index (χ0n) is 11.6. The van der Waals surface area contributed by atoms with Crippen molar-refractivity contribution in [2.24, 2.45) is 7.05 Å². The van der Waals surface area contributed by atoms with Crippen LogP contribution in [0, 0.1) is 12.7 Å². The molecule has 20 heavy (non-hydrogen) atoms. The van der Waals surface area contributed by atoms with Gasteiger partial charge in [0.2, 0.25) is 0 Å². The summed E-state index contributed by atoms with van der Waals surface area (Å²) < 4.78 is 20.4. The molecule has 1 heterocycles. The number of ether oxygens (including phenoxy) is 1. The van der Waals surface area contributed by atoms with Crippen molar-refractivity contribution in [1.82, 2.24) is 15.1 Å². The number of hydrogen-bond acceptors (Lipinski definition) is 3. The molecule has 0 aliphatic rings. The minimum Gasteiger partial charge on any atom is -0.497 e. The Balaban J connectivity index is 2.07. The maximum absolute atomic E-state index is 13.7. The van der Waals surface area contributed by atoms with Gasteiger partial charge in [0.25, 0.3) is 5.91 Å². The SMILES string of the molecule is COc1ccc(C(=O)NCc2cnn(C)c2C)c(F)c1. The molecule has 1 aromatic carbocycles. The number of rotatable bonds is 4. The number of aromatic nitrogens is 2. The first kappa shape index (κ1) is 14.0. The third-order valence-electron chi connectivity index (χ3n) is 3.20. The van der Waals surface area contributed by atoms with Gasteiger partial charge in [-0.05, 0) is 19.1 Å². The van der Waals surface area contributed by atoms with Crippen molar-refractivity contribution in [3.8, 4) is 5.75 Å². The molecule has 2 aromatic rings. The Labute approximate surface area is 116 Å². The molecule has 6 heteroatoms. The number of carbonyl (C=O) groups excluding carboxylic acids is 1. The second-order valence-corrected chi connectivity index (χ2v) is 4.41. The lowest BCUT2D eigenvalue weighted by Gasteiger charge is -2.07. The highest BCUT2D eigenvalue weighted by molar-refractivity contribution is 5.94. The molecule has 0 atom stereocenters. The molecule has 0 spiro atoms. The molecule has 0 unspecified atom stereocenters. The van der Waals surface area contributed by atoms with Crippen LogP contribution in [0.15, 0.2) is 24.4 Å². The van der Waals surface area contributed by atoms with E-state index in [1.54, 1.807) is 16.9 Å². The third kappa shape index (κ3) is 2.79. The van der Waals surface area contributed by atoms with Crippen LogP contribution in [0.2, 0.25) is 0 Å². The number of aryl methyl sites for hydroxylation is 1. The lowest BCUT2D eigenvalue weighted by atomic mass is 10.2. The number of carbonyl (C=O) groups is 1. The Morgan fingerprint density at radius 1 is 1.50 bits per heavy atom. The number of hydrogen-bond donors (Lipinski definition) is 1. The predicted octanol–water partition coefficient (Wildman–Crippen LogP) is 1.81. The van der Waals surface area contributed by atoms with Crippen molar-refractivity contribution in [1.29, 1.82) is 0 Å². The summed E-state index contributed by atoms with van der Waals surface area (Å²) in [5, 5.41) is 6.76. The fraction of sp³-hybridized carbons (Fsp3) is 0.286. The van der Waals surface area contributed by atoms with Crippen molar-refractivity contribution in [3.05, 3.63) is 47.0 Å². The number of nitrogens with one attached hydrogen (secondary N) is 1. The summed E-state index contributed by atoms with van der Waals surface area (Å²) in [6.07, 6.45) is 1.68. The first-order valence-corrected chi connectivity index (χ1v) is 6.12. The van der Waals surface area contributed by atoms with Crippen LogP contribution in [0.1, 0.15) is 21.6 Å². The molecule has 1 aromatic heterocycles. The zero-order valence-corrected chi connectivity index (χ0v) is 11.6. The molecular formula is C14H16FN3O2. The summed E-state index contributed by atoms with van der Waals surface area (Å²) >= 11 is 0. The molecule has 0 fully saturated rings. The molecule has 5 nitrogen and oxygen atoms in total. The number of benzene rings is 1. The smallest absolute Gasteiger partial charge is 0.254 e. The Bertz CT molecular complexity index is 637. The molecule has 0 bridgehead atoms. The van der Waals surface area contributed by atoms with E-state index >= 15 is 0 Å². The van der Waals surface area contributed by atoms with Gasteiger partial charge < -0.3 is 10.1 Å². The van der Waals surface area contributed by atoms with E-state index < -0.39 is 11.7 Å². The number of amides is 1. The fourth-order valence-electron chi connectivity index (χ4n) is 1.80. The first-order valence-electron chi connectivity index (χ1n) is 6.12. The van der Waals surface area contributed by atoms with Crippen LogP contribution >= 0.6 is 0 Å². The summed E-state index contributed by atoms with van der Waals surface area (Å²) in [6, 6.07) is 4.14. The van der Waals surface area contributed by atoms with E-state index in [1.807, 2.05) is 14.0 Å². The number of methoxy groups -OCH3 is 1. The Morgan fingerprint density at radius 3 is 2.80 bits per heavy atom. The van der Waals surface area contributed by atoms with Gasteiger partial charge in [0.1, 0.15) is 11.6 Å². The van der Waals surface area contributed by atoms with Gasteiger partial charge in [0.05, 0.1) is 18.9 Å². The van der Waals surface area contributed by atoms with E-state index in [2.05, 4.69) is 10.4 Å². The minimum absolute atomic E-state index is 0.00709. The van der Waals surface area contributed by atoms with Crippen molar-refractivity contribution in [3.63, 3.8) is 0 Å². The molecule has 0 radical (unpaired) electrons. The largest absolute Gasteiger partial charge is 0.497 e. The van der Waals surface area contributed by atoms with E-state index in [0.717, 1.165) is 11.3 Å². The monoisotopic (exact) mass is 277 g/mol. The van der Waals surface area contributed by atoms with Crippen LogP contribution < -0.4 is 10.1 Å². The van der Waals surface area contributed by atoms with E-state index in [1.165, 1.54) is 19.2 Å². The zero-order chi connectivity index (χ0) is 14.7. The average molecular weight is 277 g/mol. The van der Waals surface area contributed by atoms with Crippen LogP contribution in [0.3, 0.4) is 0 Å². The van der Waals surface area contributed by atoms with Crippen LogP contribution in [-0.4, -0.2) is 22.8 Å². The Hall–Kier alpha value is -2.37. The first-order chi connectivity index (χ1) is 9.52. The second-order valence-electron chi connectivity index (χ2n) is 4.41. The number of halogens is 1. The van der Waals surface area contributed by atoms with Crippen LogP contribution in [-0.2, 0) is 13.6 Å². The summed E-state index contributed by atoms with van der Waals surface area (Å²) in [5.74, 6) is -0.694. The Morgan fingerprint density at radius 2 is 2.25 bits per heavy atom. The highest BCUT2D eigenvalue weighted by atomic mass is 19.1. The molecule has 106 valence electrons. The molecule has 0 saturated heterocycles. The van der Waals surface area contributed by atoms with Gasteiger partial charge in [-0.1, -0.05) is 0 Å². The van der Waals surface area contributed by atoms with E-state index in [0.29, 0.717) is 12.3 Å². The van der Waals surface area contributed by atoms with Crippen molar-refractivity contribution < 1.29 is 13.9 Å². The van der Waals surface area contributed by atoms with Gasteiger partial charge in [-0.15, -0.1) is 0 Å². The molecule has 2 rings (SSSR count). The normalized spacial score (nSPS) is 10.4. The van der Waals surface area contributed by atoms with Gasteiger partial charge in [-0.2, -0.15) is 5.10 Å². The van der Waals surface area contributed by atoms with Crippen molar-refractivity contribution in [2.45, 2.75) is 13.5 Å². The highest BCUT2D eigenvalue weighted by Crippen LogP contribution is 2.16. The van der Waals surface area contributed by atoms with Crippen LogP contribution in [0.25, 0.3) is 0 Å². The molecule has 0 saturated carbocycles. The van der Waals surface area contributed by atoms with Crippen LogP contribution in [0.5, 0.6) is 5.75 Å². The molecule has 0 aliphatic carbocycles. The summed E-state index contributed by atoms with van der Waals surface area (Å²) in [5.41, 5.74) is 1.85. The quantitative estimate of drug-likeness (QED) is 0.927. The lowest BCUT2D eigenvalue weighted by molar-refractivity contribution is 0.0947. The highest BCUT2D eigenvalue weighted by Gasteiger charge is 2.13. The van der Waals surface area contributed by atoms with Gasteiger partial charge in [0, 0.05) is 30.9 Å². The maximum atomic E-state index is 13.7. The summed E-state index contributed by atoms with van der Waals surface area (Å²) in [4.78, 5) is 11.9. The molecular weight excluding hydrogens is 261 g/mol. The van der Waals surface area contributed by atoms with Crippen molar-refractivity contribution >= 4 is 5.91 Å². The van der Waals surface area contributed by atoms with Crippen molar-refractivity contribution in [2.75, 3.05) is 7.11 Å². The standard InChI is InChI=1S/C14H16FN3O2/c1-9-10(8-17-18(9)2)7-16-14(19)12-5-4-11(20-3)6-13(12)15/h4-6,8H,7H2,1-3H3,(H,16,19). The predicted molar refractivity (Wildman–Crippen MR) is 72.1 cm³/mol. The van der Waals surface area contributed by atoms with Gasteiger partial charge >= 0.3 is 0 Å². The van der Waals surface area contributed by atoms with Crippen LogP contribution in [0.4, 0.5) is 4.39 Å². The number of nitrogens with zero attached hydrogens (tertiary/aromatic N) is 2. The van der Waals surface area contributed by atoms with E-state index in [4.69, 9.17) is 4.74 Å². The van der Waals surface area contributed by atoms with E-state index in [9.17, 15) is 9.18 Å². The average Bonchev–Trinajstić information content (AvgIpc) is 2.76. The second kappa shape index (κ2) is 5.73. The maximum Gasteiger partial charge on any atom is 0.254 e. The van der Waals surface area contributed by atoms with Gasteiger partial charge in [-0.25, -0.2) is 4.39 Å². The summed E-state index contributed by atoms with van der Waals surface area (Å²) in [6.45, 7) is 2.21. The summed E-state index contributed by atoms with van der Waals surface area (Å²) in [7, 11) is 3.27.